The largest absolute Gasteiger partial charge is 0.398 e. The Morgan fingerprint density at radius 2 is 1.85 bits per heavy atom. The third kappa shape index (κ3) is 2.18. The molecule has 0 fully saturated rings. The highest BCUT2D eigenvalue weighted by molar-refractivity contribution is 5.48. The zero-order valence-electron chi connectivity index (χ0n) is 7.92. The first-order valence-corrected chi connectivity index (χ1v) is 4.20. The van der Waals surface area contributed by atoms with Crippen LogP contribution in [0.4, 0.5) is 10.1 Å². The third-order valence-corrected chi connectivity index (χ3v) is 1.92. The molecular formula is C10H15FN2. The summed E-state index contributed by atoms with van der Waals surface area (Å²) in [5.41, 5.74) is 11.3. The second-order valence-electron chi connectivity index (χ2n) is 3.81. The molecule has 0 radical (unpaired) electrons. The number of benzene rings is 1. The second kappa shape index (κ2) is 3.34. The maximum absolute atomic E-state index is 13.7. The summed E-state index contributed by atoms with van der Waals surface area (Å²) < 4.78 is 13.7. The van der Waals surface area contributed by atoms with E-state index in [0.29, 0.717) is 11.3 Å². The summed E-state index contributed by atoms with van der Waals surface area (Å²) in [7, 11) is 0. The molecule has 0 saturated carbocycles. The summed E-state index contributed by atoms with van der Waals surface area (Å²) in [4.78, 5) is 0. The van der Waals surface area contributed by atoms with Crippen molar-refractivity contribution in [3.05, 3.63) is 29.8 Å². The number of para-hydroxylation sites is 1. The molecule has 1 atom stereocenters. The van der Waals surface area contributed by atoms with E-state index in [-0.39, 0.29) is 0 Å². The lowest BCUT2D eigenvalue weighted by Gasteiger charge is -2.24. The summed E-state index contributed by atoms with van der Waals surface area (Å²) in [6, 6.07) is 6.86. The van der Waals surface area contributed by atoms with Crippen LogP contribution in [0, 0.1) is 0 Å². The van der Waals surface area contributed by atoms with E-state index in [1.54, 1.807) is 38.1 Å². The van der Waals surface area contributed by atoms with Crippen LogP contribution in [-0.4, -0.2) is 5.54 Å². The first-order chi connectivity index (χ1) is 5.93. The Labute approximate surface area is 77.7 Å². The van der Waals surface area contributed by atoms with E-state index in [4.69, 9.17) is 11.5 Å². The molecule has 0 aliphatic heterocycles. The summed E-state index contributed by atoms with van der Waals surface area (Å²) in [6.07, 6.45) is -1.23. The van der Waals surface area contributed by atoms with Gasteiger partial charge < -0.3 is 11.5 Å². The van der Waals surface area contributed by atoms with Gasteiger partial charge in [-0.05, 0) is 19.9 Å². The maximum atomic E-state index is 13.7. The molecule has 0 amide bonds. The monoisotopic (exact) mass is 182 g/mol. The van der Waals surface area contributed by atoms with Crippen LogP contribution in [0.15, 0.2) is 24.3 Å². The van der Waals surface area contributed by atoms with Gasteiger partial charge in [0, 0.05) is 16.8 Å². The van der Waals surface area contributed by atoms with Crippen molar-refractivity contribution >= 4 is 5.69 Å². The molecule has 0 spiro atoms. The Morgan fingerprint density at radius 1 is 1.31 bits per heavy atom. The van der Waals surface area contributed by atoms with Gasteiger partial charge in [-0.15, -0.1) is 0 Å². The van der Waals surface area contributed by atoms with Crippen LogP contribution in [0.5, 0.6) is 0 Å². The van der Waals surface area contributed by atoms with Crippen LogP contribution in [0.1, 0.15) is 25.6 Å². The minimum absolute atomic E-state index is 0.452. The molecule has 1 aromatic carbocycles. The number of nitrogens with two attached hydrogens (primary N) is 2. The minimum atomic E-state index is -1.23. The highest BCUT2D eigenvalue weighted by Gasteiger charge is 2.27. The smallest absolute Gasteiger partial charge is 0.144 e. The number of anilines is 1. The average Bonchev–Trinajstić information content (AvgIpc) is 2.02. The van der Waals surface area contributed by atoms with Gasteiger partial charge in [-0.25, -0.2) is 4.39 Å². The fourth-order valence-electron chi connectivity index (χ4n) is 1.14. The van der Waals surface area contributed by atoms with Crippen LogP contribution in [-0.2, 0) is 0 Å². The van der Waals surface area contributed by atoms with Gasteiger partial charge in [-0.3, -0.25) is 0 Å². The number of alkyl halides is 1. The molecule has 2 nitrogen and oxygen atoms in total. The van der Waals surface area contributed by atoms with Gasteiger partial charge in [0.2, 0.25) is 0 Å². The fourth-order valence-corrected chi connectivity index (χ4v) is 1.14. The van der Waals surface area contributed by atoms with Gasteiger partial charge >= 0.3 is 0 Å². The summed E-state index contributed by atoms with van der Waals surface area (Å²) in [5.74, 6) is 0. The summed E-state index contributed by atoms with van der Waals surface area (Å²) in [5, 5.41) is 0. The number of rotatable bonds is 2. The maximum Gasteiger partial charge on any atom is 0.144 e. The summed E-state index contributed by atoms with van der Waals surface area (Å²) in [6.45, 7) is 3.29. The standard InChI is InChI=1S/C10H15FN2/c1-10(2,13)9(11)7-5-3-4-6-8(7)12/h3-6,9H,12-13H2,1-2H3. The molecule has 0 aromatic heterocycles. The van der Waals surface area contributed by atoms with Crippen molar-refractivity contribution in [2.24, 2.45) is 5.73 Å². The molecule has 13 heavy (non-hydrogen) atoms. The first-order valence-electron chi connectivity index (χ1n) is 4.20. The molecule has 4 N–H and O–H groups in total. The quantitative estimate of drug-likeness (QED) is 0.687. The van der Waals surface area contributed by atoms with E-state index in [0.717, 1.165) is 0 Å². The van der Waals surface area contributed by atoms with E-state index in [2.05, 4.69) is 0 Å². The van der Waals surface area contributed by atoms with Gasteiger partial charge in [-0.2, -0.15) is 0 Å². The van der Waals surface area contributed by atoms with Crippen molar-refractivity contribution in [3.8, 4) is 0 Å². The number of nitrogen functional groups attached to an aromatic ring is 1. The van der Waals surface area contributed by atoms with Gasteiger partial charge in [0.05, 0.1) is 0 Å². The van der Waals surface area contributed by atoms with Gasteiger partial charge in [-0.1, -0.05) is 18.2 Å². The third-order valence-electron chi connectivity index (χ3n) is 1.92. The number of hydrogen-bond donors (Lipinski definition) is 2. The Bertz CT molecular complexity index is 291. The predicted octanol–water partition coefficient (Wildman–Crippen LogP) is 2.02. The van der Waals surface area contributed by atoms with Crippen molar-refractivity contribution in [2.75, 3.05) is 5.73 Å². The van der Waals surface area contributed by atoms with E-state index in [1.807, 2.05) is 0 Å². The Hall–Kier alpha value is -1.09. The van der Waals surface area contributed by atoms with Crippen molar-refractivity contribution in [1.82, 2.24) is 0 Å². The first kappa shape index (κ1) is 9.99. The Balaban J connectivity index is 3.02. The molecule has 1 aromatic rings. The number of halogens is 1. The molecule has 1 rings (SSSR count). The zero-order valence-corrected chi connectivity index (χ0v) is 7.92. The normalized spacial score (nSPS) is 14.2. The molecule has 0 aliphatic carbocycles. The lowest BCUT2D eigenvalue weighted by Crippen LogP contribution is -2.37. The molecule has 0 saturated heterocycles. The van der Waals surface area contributed by atoms with E-state index in [1.165, 1.54) is 0 Å². The van der Waals surface area contributed by atoms with Crippen molar-refractivity contribution in [2.45, 2.75) is 25.6 Å². The van der Waals surface area contributed by atoms with Crippen LogP contribution in [0.25, 0.3) is 0 Å². The van der Waals surface area contributed by atoms with Crippen LogP contribution in [0.3, 0.4) is 0 Å². The van der Waals surface area contributed by atoms with Crippen molar-refractivity contribution < 1.29 is 4.39 Å². The molecule has 1 unspecified atom stereocenters. The van der Waals surface area contributed by atoms with Gasteiger partial charge in [0.1, 0.15) is 6.17 Å². The van der Waals surface area contributed by atoms with E-state index >= 15 is 0 Å². The minimum Gasteiger partial charge on any atom is -0.398 e. The summed E-state index contributed by atoms with van der Waals surface area (Å²) >= 11 is 0. The Morgan fingerprint density at radius 3 is 2.31 bits per heavy atom. The molecule has 0 aliphatic rings. The van der Waals surface area contributed by atoms with Crippen molar-refractivity contribution in [1.29, 1.82) is 0 Å². The van der Waals surface area contributed by atoms with Crippen LogP contribution < -0.4 is 11.5 Å². The average molecular weight is 182 g/mol. The SMILES string of the molecule is CC(C)(N)C(F)c1ccccc1N. The van der Waals surface area contributed by atoms with Crippen LogP contribution in [0.2, 0.25) is 0 Å². The predicted molar refractivity (Wildman–Crippen MR) is 53.0 cm³/mol. The lowest BCUT2D eigenvalue weighted by atomic mass is 9.93. The Kier molecular flexibility index (Phi) is 2.57. The highest BCUT2D eigenvalue weighted by atomic mass is 19.1. The topological polar surface area (TPSA) is 52.0 Å². The van der Waals surface area contributed by atoms with Gasteiger partial charge in [0.15, 0.2) is 0 Å². The van der Waals surface area contributed by atoms with Gasteiger partial charge in [0.25, 0.3) is 0 Å². The number of hydrogen-bond acceptors (Lipinski definition) is 2. The van der Waals surface area contributed by atoms with Crippen molar-refractivity contribution in [3.63, 3.8) is 0 Å². The molecular weight excluding hydrogens is 167 g/mol. The van der Waals surface area contributed by atoms with Crippen LogP contribution >= 0.6 is 0 Å². The zero-order chi connectivity index (χ0) is 10.1. The fraction of sp³-hybridized carbons (Fsp3) is 0.400. The van der Waals surface area contributed by atoms with E-state index < -0.39 is 11.7 Å². The van der Waals surface area contributed by atoms with E-state index in [9.17, 15) is 4.39 Å². The molecule has 0 heterocycles. The lowest BCUT2D eigenvalue weighted by molar-refractivity contribution is 0.224. The molecule has 72 valence electrons. The second-order valence-corrected chi connectivity index (χ2v) is 3.81. The highest BCUT2D eigenvalue weighted by Crippen LogP contribution is 2.30. The molecule has 0 bridgehead atoms. The molecule has 3 heteroatoms.